The molecule has 0 bridgehead atoms. The van der Waals surface area contributed by atoms with E-state index in [9.17, 15) is 0 Å². The van der Waals surface area contributed by atoms with Crippen molar-refractivity contribution in [1.29, 1.82) is 0 Å². The summed E-state index contributed by atoms with van der Waals surface area (Å²) in [6, 6.07) is 54.2. The lowest BCUT2D eigenvalue weighted by molar-refractivity contribution is 0.279. The summed E-state index contributed by atoms with van der Waals surface area (Å²) in [5.74, 6) is 1.45. The van der Waals surface area contributed by atoms with Crippen molar-refractivity contribution in [2.24, 2.45) is 9.98 Å². The van der Waals surface area contributed by atoms with Gasteiger partial charge in [0.2, 0.25) is 11.8 Å². The Bertz CT molecular complexity index is 2760. The van der Waals surface area contributed by atoms with Gasteiger partial charge in [0.1, 0.15) is 13.2 Å². The first-order chi connectivity index (χ1) is 26.7. The molecular formula is C51H40N2O2. The van der Waals surface area contributed by atoms with E-state index in [1.807, 2.05) is 0 Å². The molecule has 2 heterocycles. The first kappa shape index (κ1) is 32.2. The van der Waals surface area contributed by atoms with Gasteiger partial charge >= 0.3 is 0 Å². The third-order valence-corrected chi connectivity index (χ3v) is 11.9. The van der Waals surface area contributed by atoms with Gasteiger partial charge in [-0.2, -0.15) is 0 Å². The van der Waals surface area contributed by atoms with Crippen LogP contribution in [0.4, 0.5) is 0 Å². The highest BCUT2D eigenvalue weighted by atomic mass is 16.5. The Balaban J connectivity index is 1.07. The van der Waals surface area contributed by atoms with Gasteiger partial charge in [-0.05, 0) is 142 Å². The predicted molar refractivity (Wildman–Crippen MR) is 224 cm³/mol. The molecule has 0 aromatic heterocycles. The Kier molecular flexibility index (Phi) is 6.66. The van der Waals surface area contributed by atoms with E-state index in [1.165, 1.54) is 77.5 Å². The molecule has 11 rings (SSSR count). The van der Waals surface area contributed by atoms with Gasteiger partial charge in [0.05, 0.1) is 16.5 Å². The van der Waals surface area contributed by atoms with E-state index in [4.69, 9.17) is 19.5 Å². The summed E-state index contributed by atoms with van der Waals surface area (Å²) in [6.45, 7) is 9.64. The molecule has 0 amide bonds. The molecule has 0 N–H and O–H groups in total. The number of rotatable bonds is 4. The lowest BCUT2D eigenvalue weighted by Gasteiger charge is -2.31. The molecular weight excluding hydrogens is 673 g/mol. The van der Waals surface area contributed by atoms with Gasteiger partial charge in [0.25, 0.3) is 0 Å². The maximum Gasteiger partial charge on any atom is 0.216 e. The predicted octanol–water partition coefficient (Wildman–Crippen LogP) is 11.6. The fourth-order valence-electron chi connectivity index (χ4n) is 9.41. The van der Waals surface area contributed by atoms with Crippen molar-refractivity contribution in [2.75, 3.05) is 13.2 Å². The van der Waals surface area contributed by atoms with E-state index in [-0.39, 0.29) is 11.1 Å². The Labute approximate surface area is 321 Å². The van der Waals surface area contributed by atoms with E-state index >= 15 is 0 Å². The molecule has 0 atom stereocenters. The Morgan fingerprint density at radius 1 is 0.418 bits per heavy atom. The average Bonchev–Trinajstić information content (AvgIpc) is 3.94. The van der Waals surface area contributed by atoms with Crippen LogP contribution in [0.15, 0.2) is 156 Å². The van der Waals surface area contributed by atoms with E-state index in [1.54, 1.807) is 0 Å². The summed E-state index contributed by atoms with van der Waals surface area (Å²) in [5, 5.41) is 2.51. The molecule has 2 aliphatic carbocycles. The molecule has 0 radical (unpaired) electrons. The summed E-state index contributed by atoms with van der Waals surface area (Å²) < 4.78 is 11.9. The minimum atomic E-state index is -0.468. The van der Waals surface area contributed by atoms with Crippen LogP contribution in [0.25, 0.3) is 55.3 Å². The summed E-state index contributed by atoms with van der Waals surface area (Å²) >= 11 is 0. The van der Waals surface area contributed by atoms with Crippen molar-refractivity contribution in [1.82, 2.24) is 0 Å². The maximum atomic E-state index is 5.96. The van der Waals surface area contributed by atoms with E-state index < -0.39 is 5.41 Å². The molecule has 0 saturated carbocycles. The van der Waals surface area contributed by atoms with Crippen LogP contribution in [0, 0.1) is 0 Å². The molecule has 4 nitrogen and oxygen atoms in total. The number of nitrogens with zero attached hydrogens (tertiary/aromatic N) is 2. The molecule has 266 valence electrons. The molecule has 1 spiro atoms. The van der Waals surface area contributed by atoms with Crippen LogP contribution in [0.2, 0.25) is 0 Å². The van der Waals surface area contributed by atoms with Crippen LogP contribution in [0.5, 0.6) is 0 Å². The van der Waals surface area contributed by atoms with E-state index in [0.29, 0.717) is 13.2 Å². The first-order valence-electron chi connectivity index (χ1n) is 19.3. The number of hydrogen-bond donors (Lipinski definition) is 0. The summed E-state index contributed by atoms with van der Waals surface area (Å²) in [5.41, 5.74) is 16.5. The van der Waals surface area contributed by atoms with Crippen LogP contribution in [-0.2, 0) is 14.9 Å². The smallest absolute Gasteiger partial charge is 0.216 e. The number of ether oxygens (including phenoxy) is 2. The normalized spacial score (nSPS) is 17.5. The highest BCUT2D eigenvalue weighted by Crippen LogP contribution is 2.64. The largest absolute Gasteiger partial charge is 0.475 e. The van der Waals surface area contributed by atoms with Crippen molar-refractivity contribution in [3.05, 3.63) is 179 Å². The summed E-state index contributed by atoms with van der Waals surface area (Å²) in [7, 11) is 0. The van der Waals surface area contributed by atoms with Gasteiger partial charge in [-0.3, -0.25) is 0 Å². The van der Waals surface area contributed by atoms with Gasteiger partial charge in [0.15, 0.2) is 0 Å². The third-order valence-electron chi connectivity index (χ3n) is 11.9. The zero-order valence-electron chi connectivity index (χ0n) is 31.5. The minimum absolute atomic E-state index is 0.185. The summed E-state index contributed by atoms with van der Waals surface area (Å²) in [6.07, 6.45) is 0. The van der Waals surface area contributed by atoms with Gasteiger partial charge in [0, 0.05) is 11.1 Å². The molecule has 4 aliphatic rings. The van der Waals surface area contributed by atoms with Gasteiger partial charge in [-0.25, -0.2) is 9.98 Å². The number of aliphatic imine (C=N–C) groups is 2. The van der Waals surface area contributed by atoms with Gasteiger partial charge in [-0.1, -0.05) is 109 Å². The SMILES string of the molecule is CC1(C)COC(c2ccc(-c3ccc4c(c3)C3(c5ccccc5-c5ccccc53)c3c-4ccc4cc(-c5ccc(C6=NC(C)(C)CO6)cc5)ccc34)cc2)=N1. The van der Waals surface area contributed by atoms with E-state index in [0.717, 1.165) is 22.9 Å². The van der Waals surface area contributed by atoms with Gasteiger partial charge < -0.3 is 9.47 Å². The van der Waals surface area contributed by atoms with Crippen molar-refractivity contribution >= 4 is 22.6 Å². The number of hydrogen-bond acceptors (Lipinski definition) is 4. The zero-order chi connectivity index (χ0) is 37.1. The van der Waals surface area contributed by atoms with Crippen molar-refractivity contribution in [2.45, 2.75) is 44.2 Å². The third kappa shape index (κ3) is 4.77. The van der Waals surface area contributed by atoms with Crippen molar-refractivity contribution < 1.29 is 9.47 Å². The first-order valence-corrected chi connectivity index (χ1v) is 19.3. The fraction of sp³-hybridized carbons (Fsp3) is 0.176. The van der Waals surface area contributed by atoms with E-state index in [2.05, 4.69) is 173 Å². The van der Waals surface area contributed by atoms with Crippen LogP contribution >= 0.6 is 0 Å². The Morgan fingerprint density at radius 3 is 1.42 bits per heavy atom. The molecule has 4 heteroatoms. The molecule has 55 heavy (non-hydrogen) atoms. The summed E-state index contributed by atoms with van der Waals surface area (Å²) in [4.78, 5) is 9.59. The average molecular weight is 713 g/mol. The quantitative estimate of drug-likeness (QED) is 0.182. The second-order valence-electron chi connectivity index (χ2n) is 16.7. The molecule has 7 aromatic carbocycles. The second-order valence-corrected chi connectivity index (χ2v) is 16.7. The molecule has 0 unspecified atom stereocenters. The Hall–Kier alpha value is -6.26. The monoisotopic (exact) mass is 712 g/mol. The standard InChI is InChI=1S/C51H40N2O2/c1-49(2)29-54-47(52-49)33-17-13-31(14-18-33)35-21-24-38-37(27-35)23-26-42-41-25-22-36(32-15-19-34(20-16-32)48-53-50(3,4)30-55-48)28-45(41)51(46(38)42)43-11-7-5-9-39(43)40-10-6-8-12-44(40)51/h5-28H,29-30H2,1-4H3. The van der Waals surface area contributed by atoms with Crippen molar-refractivity contribution in [3.8, 4) is 44.5 Å². The number of fused-ring (bicyclic) bond motifs is 12. The van der Waals surface area contributed by atoms with Crippen LogP contribution in [0.1, 0.15) is 61.1 Å². The molecule has 7 aromatic rings. The lowest BCUT2D eigenvalue weighted by atomic mass is 9.69. The second kappa shape index (κ2) is 11.4. The van der Waals surface area contributed by atoms with Crippen molar-refractivity contribution in [3.63, 3.8) is 0 Å². The highest BCUT2D eigenvalue weighted by Gasteiger charge is 2.52. The molecule has 0 fully saturated rings. The number of benzene rings is 7. The van der Waals surface area contributed by atoms with Gasteiger partial charge in [-0.15, -0.1) is 0 Å². The zero-order valence-corrected chi connectivity index (χ0v) is 31.5. The molecule has 0 saturated heterocycles. The topological polar surface area (TPSA) is 43.2 Å². The van der Waals surface area contributed by atoms with Crippen LogP contribution in [0.3, 0.4) is 0 Å². The van der Waals surface area contributed by atoms with Crippen LogP contribution in [-0.4, -0.2) is 36.1 Å². The molecule has 2 aliphatic heterocycles. The highest BCUT2D eigenvalue weighted by molar-refractivity contribution is 6.05. The van der Waals surface area contributed by atoms with Crippen LogP contribution < -0.4 is 0 Å². The fourth-order valence-corrected chi connectivity index (χ4v) is 9.41. The maximum absolute atomic E-state index is 5.96. The lowest BCUT2D eigenvalue weighted by Crippen LogP contribution is -2.26. The minimum Gasteiger partial charge on any atom is -0.475 e. The Morgan fingerprint density at radius 2 is 0.873 bits per heavy atom.